The van der Waals surface area contributed by atoms with Crippen molar-refractivity contribution in [1.29, 1.82) is 0 Å². The van der Waals surface area contributed by atoms with Crippen molar-refractivity contribution in [2.75, 3.05) is 11.5 Å². The van der Waals surface area contributed by atoms with E-state index in [1.165, 1.54) is 6.20 Å². The maximum absolute atomic E-state index is 11.8. The van der Waals surface area contributed by atoms with Crippen LogP contribution in [0, 0.1) is 0 Å². The van der Waals surface area contributed by atoms with E-state index in [0.717, 1.165) is 17.5 Å². The summed E-state index contributed by atoms with van der Waals surface area (Å²) >= 11 is 0. The van der Waals surface area contributed by atoms with Crippen molar-refractivity contribution in [1.82, 2.24) is 19.3 Å². The zero-order valence-electron chi connectivity index (χ0n) is 11.2. The third kappa shape index (κ3) is 2.13. The molecule has 0 saturated carbocycles. The van der Waals surface area contributed by atoms with Crippen molar-refractivity contribution in [3.05, 3.63) is 22.9 Å². The van der Waals surface area contributed by atoms with Gasteiger partial charge in [-0.1, -0.05) is 6.92 Å². The van der Waals surface area contributed by atoms with Crippen LogP contribution >= 0.6 is 0 Å². The lowest BCUT2D eigenvalue weighted by Gasteiger charge is -2.10. The van der Waals surface area contributed by atoms with Crippen LogP contribution in [0.25, 0.3) is 11.0 Å². The first-order valence-electron chi connectivity index (χ1n) is 6.65. The molecule has 3 heterocycles. The molecule has 2 aromatic rings. The van der Waals surface area contributed by atoms with Crippen LogP contribution in [0.4, 0.5) is 0 Å². The molecule has 1 aliphatic heterocycles. The van der Waals surface area contributed by atoms with Crippen molar-refractivity contribution in [2.45, 2.75) is 32.4 Å². The molecule has 3 rings (SSSR count). The Bertz CT molecular complexity index is 806. The van der Waals surface area contributed by atoms with Crippen molar-refractivity contribution in [3.63, 3.8) is 0 Å². The maximum Gasteiger partial charge on any atom is 0.348 e. The summed E-state index contributed by atoms with van der Waals surface area (Å²) in [5, 5.41) is 4.28. The van der Waals surface area contributed by atoms with Crippen LogP contribution in [-0.2, 0) is 16.4 Å². The van der Waals surface area contributed by atoms with Crippen LogP contribution in [0.15, 0.2) is 17.2 Å². The van der Waals surface area contributed by atoms with Gasteiger partial charge in [-0.25, -0.2) is 13.2 Å². The summed E-state index contributed by atoms with van der Waals surface area (Å²) in [4.78, 5) is 15.6. The SMILES string of the molecule is CCCn1c(=O)ncc2c1cnn2[C@H]1CCS(=O)(=O)C1. The fraction of sp³-hybridized carbons (Fsp3) is 0.583. The van der Waals surface area contributed by atoms with Gasteiger partial charge >= 0.3 is 5.69 Å². The van der Waals surface area contributed by atoms with Gasteiger partial charge in [-0.15, -0.1) is 0 Å². The van der Waals surface area contributed by atoms with E-state index in [1.54, 1.807) is 15.4 Å². The normalized spacial score (nSPS) is 21.6. The fourth-order valence-corrected chi connectivity index (χ4v) is 4.38. The third-order valence-electron chi connectivity index (χ3n) is 3.63. The quantitative estimate of drug-likeness (QED) is 0.816. The van der Waals surface area contributed by atoms with E-state index in [-0.39, 0.29) is 23.2 Å². The predicted octanol–water partition coefficient (Wildman–Crippen LogP) is 0.363. The number of hydrogen-bond donors (Lipinski definition) is 0. The van der Waals surface area contributed by atoms with Crippen molar-refractivity contribution in [2.24, 2.45) is 0 Å². The molecule has 1 atom stereocenters. The molecule has 0 amide bonds. The van der Waals surface area contributed by atoms with E-state index in [0.29, 0.717) is 13.0 Å². The molecule has 1 fully saturated rings. The van der Waals surface area contributed by atoms with Gasteiger partial charge in [0.1, 0.15) is 5.52 Å². The van der Waals surface area contributed by atoms with Crippen LogP contribution in [0.5, 0.6) is 0 Å². The minimum atomic E-state index is -2.97. The van der Waals surface area contributed by atoms with E-state index >= 15 is 0 Å². The highest BCUT2D eigenvalue weighted by Crippen LogP contribution is 2.26. The van der Waals surface area contributed by atoms with Crippen molar-refractivity contribution < 1.29 is 8.42 Å². The average Bonchev–Trinajstić information content (AvgIpc) is 2.96. The van der Waals surface area contributed by atoms with E-state index in [4.69, 9.17) is 0 Å². The van der Waals surface area contributed by atoms with Gasteiger partial charge in [0, 0.05) is 6.54 Å². The van der Waals surface area contributed by atoms with E-state index < -0.39 is 9.84 Å². The Labute approximate surface area is 116 Å². The van der Waals surface area contributed by atoms with Crippen LogP contribution < -0.4 is 5.69 Å². The number of aryl methyl sites for hydroxylation is 1. The molecule has 1 aliphatic rings. The molecule has 2 aromatic heterocycles. The van der Waals surface area contributed by atoms with Crippen LogP contribution in [-0.4, -0.2) is 39.3 Å². The van der Waals surface area contributed by atoms with Gasteiger partial charge in [-0.3, -0.25) is 9.25 Å². The summed E-state index contributed by atoms with van der Waals surface area (Å²) in [6.07, 6.45) is 4.50. The first-order chi connectivity index (χ1) is 9.52. The van der Waals surface area contributed by atoms with Crippen LogP contribution in [0.2, 0.25) is 0 Å². The zero-order valence-corrected chi connectivity index (χ0v) is 12.0. The highest BCUT2D eigenvalue weighted by atomic mass is 32.2. The summed E-state index contributed by atoms with van der Waals surface area (Å²) < 4.78 is 26.4. The number of sulfone groups is 1. The summed E-state index contributed by atoms with van der Waals surface area (Å²) in [6.45, 7) is 2.57. The molecule has 7 nitrogen and oxygen atoms in total. The average molecular weight is 296 g/mol. The molecule has 0 aliphatic carbocycles. The van der Waals surface area contributed by atoms with Crippen LogP contribution in [0.3, 0.4) is 0 Å². The Kier molecular flexibility index (Phi) is 3.12. The van der Waals surface area contributed by atoms with Gasteiger partial charge in [0.15, 0.2) is 9.84 Å². The van der Waals surface area contributed by atoms with E-state index in [2.05, 4.69) is 10.1 Å². The topological polar surface area (TPSA) is 86.8 Å². The second-order valence-corrected chi connectivity index (χ2v) is 7.34. The number of nitrogens with zero attached hydrogens (tertiary/aromatic N) is 4. The molecule has 0 radical (unpaired) electrons. The van der Waals surface area contributed by atoms with Crippen LogP contribution in [0.1, 0.15) is 25.8 Å². The molecule has 8 heteroatoms. The lowest BCUT2D eigenvalue weighted by Crippen LogP contribution is -2.23. The Morgan fingerprint density at radius 3 is 2.80 bits per heavy atom. The summed E-state index contributed by atoms with van der Waals surface area (Å²) in [5.74, 6) is 0.303. The highest BCUT2D eigenvalue weighted by Gasteiger charge is 2.30. The molecule has 1 saturated heterocycles. The summed E-state index contributed by atoms with van der Waals surface area (Å²) in [7, 11) is -2.97. The molecule has 0 bridgehead atoms. The van der Waals surface area contributed by atoms with Crippen molar-refractivity contribution >= 4 is 20.9 Å². The Balaban J connectivity index is 2.11. The molecule has 20 heavy (non-hydrogen) atoms. The van der Waals surface area contributed by atoms with Gasteiger partial charge in [-0.05, 0) is 12.8 Å². The number of rotatable bonds is 3. The third-order valence-corrected chi connectivity index (χ3v) is 5.38. The molecular formula is C12H16N4O3S. The van der Waals surface area contributed by atoms with Crippen molar-refractivity contribution in [3.8, 4) is 0 Å². The van der Waals surface area contributed by atoms with Gasteiger partial charge in [0.05, 0.1) is 35.5 Å². The first-order valence-corrected chi connectivity index (χ1v) is 8.47. The summed E-state index contributed by atoms with van der Waals surface area (Å²) in [6, 6.07) is -0.160. The Hall–Kier alpha value is -1.70. The van der Waals surface area contributed by atoms with Gasteiger partial charge in [0.25, 0.3) is 0 Å². The van der Waals surface area contributed by atoms with E-state index in [9.17, 15) is 13.2 Å². The first kappa shape index (κ1) is 13.3. The minimum absolute atomic E-state index is 0.108. The molecule has 0 unspecified atom stereocenters. The Morgan fingerprint density at radius 2 is 2.15 bits per heavy atom. The van der Waals surface area contributed by atoms with Gasteiger partial charge in [0.2, 0.25) is 0 Å². The van der Waals surface area contributed by atoms with E-state index in [1.807, 2.05) is 6.92 Å². The maximum atomic E-state index is 11.8. The standard InChI is InChI=1S/C12H16N4O3S/c1-2-4-15-10-7-14-16(11(10)6-13-12(15)17)9-3-5-20(18,19)8-9/h6-7,9H,2-5,8H2,1H3/t9-/m0/s1. The number of fused-ring (bicyclic) bond motifs is 1. The lowest BCUT2D eigenvalue weighted by molar-refractivity contribution is 0.515. The zero-order chi connectivity index (χ0) is 14.3. The largest absolute Gasteiger partial charge is 0.348 e. The predicted molar refractivity (Wildman–Crippen MR) is 74.4 cm³/mol. The highest BCUT2D eigenvalue weighted by molar-refractivity contribution is 7.91. The molecule has 0 spiro atoms. The number of hydrogen-bond acceptors (Lipinski definition) is 5. The fourth-order valence-electron chi connectivity index (χ4n) is 2.68. The summed E-state index contributed by atoms with van der Waals surface area (Å²) in [5.41, 5.74) is 1.15. The second-order valence-electron chi connectivity index (χ2n) is 5.11. The monoisotopic (exact) mass is 296 g/mol. The lowest BCUT2D eigenvalue weighted by atomic mass is 10.2. The van der Waals surface area contributed by atoms with Gasteiger partial charge in [-0.2, -0.15) is 10.1 Å². The smallest absolute Gasteiger partial charge is 0.289 e. The second kappa shape index (κ2) is 4.69. The molecule has 108 valence electrons. The molecule has 0 aromatic carbocycles. The molecular weight excluding hydrogens is 280 g/mol. The minimum Gasteiger partial charge on any atom is -0.289 e. The Morgan fingerprint density at radius 1 is 1.35 bits per heavy atom. The van der Waals surface area contributed by atoms with Gasteiger partial charge < -0.3 is 0 Å². The number of aromatic nitrogens is 4. The molecule has 0 N–H and O–H groups in total.